The van der Waals surface area contributed by atoms with Crippen molar-refractivity contribution in [2.45, 2.75) is 43.6 Å². The van der Waals surface area contributed by atoms with Crippen molar-refractivity contribution >= 4 is 21.6 Å². The zero-order valence-corrected chi connectivity index (χ0v) is 15.7. The van der Waals surface area contributed by atoms with E-state index in [2.05, 4.69) is 10.0 Å². The van der Waals surface area contributed by atoms with Gasteiger partial charge in [-0.2, -0.15) is 0 Å². The zero-order valence-electron chi connectivity index (χ0n) is 14.9. The summed E-state index contributed by atoms with van der Waals surface area (Å²) in [6, 6.07) is 9.30. The Morgan fingerprint density at radius 2 is 1.92 bits per heavy atom. The summed E-state index contributed by atoms with van der Waals surface area (Å²) >= 11 is 0. The zero-order chi connectivity index (χ0) is 19.2. The molecule has 2 rings (SSSR count). The smallest absolute Gasteiger partial charge is 0.240 e. The van der Waals surface area contributed by atoms with Gasteiger partial charge in [0.1, 0.15) is 5.76 Å². The van der Waals surface area contributed by atoms with Crippen molar-refractivity contribution in [2.75, 3.05) is 11.9 Å². The predicted octanol–water partition coefficient (Wildman–Crippen LogP) is 2.29. The summed E-state index contributed by atoms with van der Waals surface area (Å²) in [6.07, 6.45) is 2.83. The molecule has 0 saturated heterocycles. The van der Waals surface area contributed by atoms with Crippen molar-refractivity contribution in [2.24, 2.45) is 0 Å². The molecular weight excluding hydrogens is 356 g/mol. The molecule has 7 nitrogen and oxygen atoms in total. The summed E-state index contributed by atoms with van der Waals surface area (Å²) in [7, 11) is -3.78. The molecule has 1 unspecified atom stereocenters. The van der Waals surface area contributed by atoms with Gasteiger partial charge in [-0.05, 0) is 49.7 Å². The number of benzene rings is 1. The van der Waals surface area contributed by atoms with Gasteiger partial charge in [0, 0.05) is 25.1 Å². The number of rotatable bonds is 9. The maximum Gasteiger partial charge on any atom is 0.240 e. The number of hydrogen-bond acceptors (Lipinski definition) is 5. The second kappa shape index (κ2) is 8.48. The third-order valence-corrected chi connectivity index (χ3v) is 5.12. The summed E-state index contributed by atoms with van der Waals surface area (Å²) in [4.78, 5) is 11.6. The number of hydrogen-bond donors (Lipinski definition) is 3. The highest BCUT2D eigenvalue weighted by molar-refractivity contribution is 7.89. The molecule has 1 aromatic carbocycles. The molecule has 2 aromatic rings. The summed E-state index contributed by atoms with van der Waals surface area (Å²) < 4.78 is 32.3. The number of aliphatic hydroxyl groups is 1. The predicted molar refractivity (Wildman–Crippen MR) is 98.2 cm³/mol. The molecule has 8 heteroatoms. The monoisotopic (exact) mass is 380 g/mol. The van der Waals surface area contributed by atoms with Crippen molar-refractivity contribution in [3.63, 3.8) is 0 Å². The molecule has 1 aromatic heterocycles. The number of nitrogens with one attached hydrogen (secondary N) is 2. The lowest BCUT2D eigenvalue weighted by Crippen LogP contribution is -2.42. The van der Waals surface area contributed by atoms with Gasteiger partial charge >= 0.3 is 0 Å². The molecule has 0 spiro atoms. The molecule has 0 aliphatic rings. The van der Waals surface area contributed by atoms with Crippen LogP contribution in [-0.4, -0.2) is 31.6 Å². The molecule has 0 radical (unpaired) electrons. The van der Waals surface area contributed by atoms with Crippen LogP contribution in [0.5, 0.6) is 0 Å². The van der Waals surface area contributed by atoms with Crippen LogP contribution in [0, 0.1) is 0 Å². The van der Waals surface area contributed by atoms with Crippen LogP contribution in [0.4, 0.5) is 5.69 Å². The number of sulfonamides is 1. The van der Waals surface area contributed by atoms with Gasteiger partial charge in [-0.1, -0.05) is 6.92 Å². The molecule has 0 aliphatic carbocycles. The Hall–Kier alpha value is -2.16. The molecule has 0 saturated carbocycles. The van der Waals surface area contributed by atoms with E-state index < -0.39 is 15.6 Å². The first-order valence-electron chi connectivity index (χ1n) is 8.36. The van der Waals surface area contributed by atoms with E-state index in [1.807, 2.05) is 6.92 Å². The highest BCUT2D eigenvalue weighted by Gasteiger charge is 2.25. The molecule has 26 heavy (non-hydrogen) atoms. The molecular formula is C18H24N2O5S. The van der Waals surface area contributed by atoms with Gasteiger partial charge in [-0.15, -0.1) is 0 Å². The normalized spacial score (nSPS) is 14.0. The lowest BCUT2D eigenvalue weighted by molar-refractivity contribution is -0.116. The van der Waals surface area contributed by atoms with E-state index >= 15 is 0 Å². The maximum atomic E-state index is 12.4. The topological polar surface area (TPSA) is 109 Å². The van der Waals surface area contributed by atoms with Gasteiger partial charge in [0.2, 0.25) is 15.9 Å². The van der Waals surface area contributed by atoms with Gasteiger partial charge in [0.25, 0.3) is 0 Å². The maximum absolute atomic E-state index is 12.4. The largest absolute Gasteiger partial charge is 0.469 e. The fourth-order valence-corrected chi connectivity index (χ4v) is 3.51. The van der Waals surface area contributed by atoms with E-state index in [0.29, 0.717) is 17.9 Å². The minimum Gasteiger partial charge on any atom is -0.469 e. The molecule has 142 valence electrons. The van der Waals surface area contributed by atoms with Crippen molar-refractivity contribution in [1.82, 2.24) is 4.72 Å². The molecule has 1 heterocycles. The Balaban J connectivity index is 1.97. The second-order valence-corrected chi connectivity index (χ2v) is 8.17. The minimum atomic E-state index is -3.78. The quantitative estimate of drug-likeness (QED) is 0.618. The van der Waals surface area contributed by atoms with Gasteiger partial charge in [0.15, 0.2) is 0 Å². The molecule has 0 aliphatic heterocycles. The third-order valence-electron chi connectivity index (χ3n) is 3.70. The van der Waals surface area contributed by atoms with Crippen molar-refractivity contribution < 1.29 is 22.7 Å². The van der Waals surface area contributed by atoms with Crippen LogP contribution in [0.25, 0.3) is 0 Å². The first-order valence-corrected chi connectivity index (χ1v) is 9.84. The van der Waals surface area contributed by atoms with Crippen LogP contribution in [0.15, 0.2) is 52.0 Å². The average molecular weight is 380 g/mol. The van der Waals surface area contributed by atoms with E-state index in [4.69, 9.17) is 4.42 Å². The van der Waals surface area contributed by atoms with Crippen molar-refractivity contribution in [3.8, 4) is 0 Å². The van der Waals surface area contributed by atoms with Gasteiger partial charge in [0.05, 0.1) is 16.8 Å². The highest BCUT2D eigenvalue weighted by Crippen LogP contribution is 2.17. The first-order chi connectivity index (χ1) is 12.2. The van der Waals surface area contributed by atoms with Crippen LogP contribution < -0.4 is 10.0 Å². The van der Waals surface area contributed by atoms with E-state index in [0.717, 1.165) is 6.42 Å². The fraction of sp³-hybridized carbons (Fsp3) is 0.389. The molecule has 3 N–H and O–H groups in total. The fourth-order valence-electron chi connectivity index (χ4n) is 2.35. The van der Waals surface area contributed by atoms with Crippen molar-refractivity contribution in [3.05, 3.63) is 48.4 Å². The van der Waals surface area contributed by atoms with Crippen LogP contribution in [0.1, 0.15) is 32.4 Å². The number of furan rings is 1. The molecule has 0 fully saturated rings. The Morgan fingerprint density at radius 1 is 1.23 bits per heavy atom. The number of anilines is 1. The lowest BCUT2D eigenvalue weighted by atomic mass is 10.0. The Bertz CT molecular complexity index is 812. The molecule has 0 bridgehead atoms. The number of carbonyl (C=O) groups is 1. The van der Waals surface area contributed by atoms with Gasteiger partial charge in [-0.3, -0.25) is 4.79 Å². The van der Waals surface area contributed by atoms with Crippen LogP contribution >= 0.6 is 0 Å². The number of amides is 1. The van der Waals surface area contributed by atoms with E-state index in [9.17, 15) is 18.3 Å². The van der Waals surface area contributed by atoms with Gasteiger partial charge < -0.3 is 14.8 Å². The summed E-state index contributed by atoms with van der Waals surface area (Å²) in [6.45, 7) is 3.27. The molecule has 1 amide bonds. The summed E-state index contributed by atoms with van der Waals surface area (Å²) in [5.41, 5.74) is -0.758. The highest BCUT2D eigenvalue weighted by atomic mass is 32.2. The standard InChI is InChI=1S/C18H24N2O5S/c1-3-5-17(21)20-14-7-9-16(10-8-14)26(23,24)19-13-18(2,22)12-15-6-4-11-25-15/h4,6-11,19,22H,3,5,12-13H2,1-2H3,(H,20,21). The average Bonchev–Trinajstić information content (AvgIpc) is 3.06. The van der Waals surface area contributed by atoms with Crippen LogP contribution in [-0.2, 0) is 21.2 Å². The van der Waals surface area contributed by atoms with Crippen molar-refractivity contribution in [1.29, 1.82) is 0 Å². The Kier molecular flexibility index (Phi) is 6.57. The van der Waals surface area contributed by atoms with E-state index in [-0.39, 0.29) is 23.8 Å². The first kappa shape index (κ1) is 20.2. The van der Waals surface area contributed by atoms with Crippen LogP contribution in [0.2, 0.25) is 0 Å². The summed E-state index contributed by atoms with van der Waals surface area (Å²) in [5, 5.41) is 13.1. The Labute approximate surface area is 153 Å². The van der Waals surface area contributed by atoms with Gasteiger partial charge in [-0.25, -0.2) is 13.1 Å². The van der Waals surface area contributed by atoms with E-state index in [1.165, 1.54) is 37.5 Å². The second-order valence-electron chi connectivity index (χ2n) is 6.40. The molecule has 1 atom stereocenters. The summed E-state index contributed by atoms with van der Waals surface area (Å²) in [5.74, 6) is 0.455. The SMILES string of the molecule is CCCC(=O)Nc1ccc(S(=O)(=O)NCC(C)(O)Cc2ccco2)cc1. The number of carbonyl (C=O) groups excluding carboxylic acids is 1. The lowest BCUT2D eigenvalue weighted by Gasteiger charge is -2.22. The minimum absolute atomic E-state index is 0.0554. The van der Waals surface area contributed by atoms with E-state index in [1.54, 1.807) is 12.1 Å². The Morgan fingerprint density at radius 3 is 2.50 bits per heavy atom. The van der Waals surface area contributed by atoms with Crippen LogP contribution in [0.3, 0.4) is 0 Å². The third kappa shape index (κ3) is 5.98.